The van der Waals surface area contributed by atoms with E-state index in [0.29, 0.717) is 5.92 Å². The van der Waals surface area contributed by atoms with Crippen molar-refractivity contribution in [3.63, 3.8) is 0 Å². The van der Waals surface area contributed by atoms with Crippen molar-refractivity contribution in [1.29, 1.82) is 5.41 Å². The second-order valence-electron chi connectivity index (χ2n) is 5.33. The molecule has 17 heavy (non-hydrogen) atoms. The molecule has 1 N–H and O–H groups in total. The molecule has 0 saturated heterocycles. The SMILES string of the molecule is CCCCCCCCC(C=N)CCCCCC. The average molecular weight is 239 g/mol. The van der Waals surface area contributed by atoms with Gasteiger partial charge in [-0.1, -0.05) is 78.1 Å². The Morgan fingerprint density at radius 3 is 1.59 bits per heavy atom. The van der Waals surface area contributed by atoms with Gasteiger partial charge in [-0.05, 0) is 25.0 Å². The Hall–Kier alpha value is -0.330. The molecular formula is C16H33N. The Morgan fingerprint density at radius 1 is 0.706 bits per heavy atom. The first-order valence-corrected chi connectivity index (χ1v) is 7.85. The van der Waals surface area contributed by atoms with Crippen LogP contribution in [0.2, 0.25) is 0 Å². The van der Waals surface area contributed by atoms with Gasteiger partial charge >= 0.3 is 0 Å². The van der Waals surface area contributed by atoms with Gasteiger partial charge in [-0.3, -0.25) is 0 Å². The molecule has 0 saturated carbocycles. The lowest BCUT2D eigenvalue weighted by Gasteiger charge is -2.11. The molecule has 0 aromatic carbocycles. The molecule has 0 aromatic heterocycles. The van der Waals surface area contributed by atoms with Crippen molar-refractivity contribution < 1.29 is 0 Å². The van der Waals surface area contributed by atoms with Crippen LogP contribution >= 0.6 is 0 Å². The van der Waals surface area contributed by atoms with E-state index in [1.807, 2.05) is 0 Å². The fourth-order valence-electron chi connectivity index (χ4n) is 2.33. The Balaban J connectivity index is 3.32. The number of nitrogens with one attached hydrogen (secondary N) is 1. The van der Waals surface area contributed by atoms with Crippen molar-refractivity contribution in [2.75, 3.05) is 0 Å². The van der Waals surface area contributed by atoms with E-state index in [9.17, 15) is 0 Å². The first kappa shape index (κ1) is 16.7. The van der Waals surface area contributed by atoms with Crippen LogP contribution in [0.3, 0.4) is 0 Å². The van der Waals surface area contributed by atoms with Crippen molar-refractivity contribution in [2.45, 2.75) is 90.9 Å². The van der Waals surface area contributed by atoms with E-state index in [1.54, 1.807) is 6.21 Å². The number of unbranched alkanes of at least 4 members (excludes halogenated alkanes) is 8. The summed E-state index contributed by atoms with van der Waals surface area (Å²) in [5.74, 6) is 0.568. The van der Waals surface area contributed by atoms with Gasteiger partial charge < -0.3 is 5.41 Å². The topological polar surface area (TPSA) is 23.9 Å². The normalized spacial score (nSPS) is 12.6. The molecule has 0 heterocycles. The monoisotopic (exact) mass is 239 g/mol. The van der Waals surface area contributed by atoms with Crippen LogP contribution in [0.15, 0.2) is 0 Å². The predicted octanol–water partition coefficient (Wildman–Crippen LogP) is 5.97. The van der Waals surface area contributed by atoms with Crippen molar-refractivity contribution >= 4 is 6.21 Å². The highest BCUT2D eigenvalue weighted by atomic mass is 14.3. The highest BCUT2D eigenvalue weighted by molar-refractivity contribution is 5.56. The molecule has 0 radical (unpaired) electrons. The molecule has 0 aromatic rings. The van der Waals surface area contributed by atoms with Crippen LogP contribution in [0.1, 0.15) is 90.9 Å². The summed E-state index contributed by atoms with van der Waals surface area (Å²) in [6, 6.07) is 0. The van der Waals surface area contributed by atoms with Crippen molar-refractivity contribution in [2.24, 2.45) is 5.92 Å². The zero-order chi connectivity index (χ0) is 12.8. The molecule has 0 aliphatic carbocycles. The van der Waals surface area contributed by atoms with Gasteiger partial charge in [0.25, 0.3) is 0 Å². The number of hydrogen-bond donors (Lipinski definition) is 1. The molecule has 0 rings (SSSR count). The molecule has 1 heteroatoms. The molecule has 0 amide bonds. The minimum atomic E-state index is 0.568. The van der Waals surface area contributed by atoms with Crippen LogP contribution in [0.5, 0.6) is 0 Å². The van der Waals surface area contributed by atoms with Crippen molar-refractivity contribution in [3.05, 3.63) is 0 Å². The summed E-state index contributed by atoms with van der Waals surface area (Å²) in [7, 11) is 0. The fraction of sp³-hybridized carbons (Fsp3) is 0.938. The fourth-order valence-corrected chi connectivity index (χ4v) is 2.33. The molecule has 1 nitrogen and oxygen atoms in total. The van der Waals surface area contributed by atoms with Crippen LogP contribution in [0.25, 0.3) is 0 Å². The molecule has 0 aliphatic heterocycles. The van der Waals surface area contributed by atoms with Gasteiger partial charge in [-0.15, -0.1) is 0 Å². The molecule has 1 unspecified atom stereocenters. The maximum Gasteiger partial charge on any atom is -0.00167 e. The summed E-state index contributed by atoms with van der Waals surface area (Å²) in [5.41, 5.74) is 0. The van der Waals surface area contributed by atoms with Crippen LogP contribution in [0, 0.1) is 11.3 Å². The van der Waals surface area contributed by atoms with Crippen molar-refractivity contribution in [1.82, 2.24) is 0 Å². The van der Waals surface area contributed by atoms with E-state index in [4.69, 9.17) is 5.41 Å². The average Bonchev–Trinajstić information content (AvgIpc) is 2.36. The van der Waals surface area contributed by atoms with Gasteiger partial charge in [0, 0.05) is 0 Å². The summed E-state index contributed by atoms with van der Waals surface area (Å²) in [5, 5.41) is 7.46. The van der Waals surface area contributed by atoms with Gasteiger partial charge in [-0.2, -0.15) is 0 Å². The molecular weight excluding hydrogens is 206 g/mol. The van der Waals surface area contributed by atoms with E-state index in [-0.39, 0.29) is 0 Å². The van der Waals surface area contributed by atoms with Gasteiger partial charge in [0.15, 0.2) is 0 Å². The second-order valence-corrected chi connectivity index (χ2v) is 5.33. The standard InChI is InChI=1S/C16H33N/c1-3-5-7-9-10-12-14-16(15-17)13-11-8-6-4-2/h15-17H,3-14H2,1-2H3. The Bertz CT molecular complexity index is 154. The largest absolute Gasteiger partial charge is 0.313 e. The van der Waals surface area contributed by atoms with Gasteiger partial charge in [0.1, 0.15) is 0 Å². The minimum absolute atomic E-state index is 0.568. The van der Waals surface area contributed by atoms with E-state index in [2.05, 4.69) is 13.8 Å². The summed E-state index contributed by atoms with van der Waals surface area (Å²) >= 11 is 0. The molecule has 102 valence electrons. The third-order valence-electron chi connectivity index (χ3n) is 3.59. The molecule has 1 atom stereocenters. The van der Waals surface area contributed by atoms with E-state index in [0.717, 1.165) is 0 Å². The van der Waals surface area contributed by atoms with Crippen LogP contribution < -0.4 is 0 Å². The van der Waals surface area contributed by atoms with Gasteiger partial charge in [0.2, 0.25) is 0 Å². The smallest absolute Gasteiger partial charge is 0.00167 e. The summed E-state index contributed by atoms with van der Waals surface area (Å²) < 4.78 is 0. The Kier molecular flexibility index (Phi) is 13.5. The van der Waals surface area contributed by atoms with Crippen LogP contribution in [-0.4, -0.2) is 6.21 Å². The summed E-state index contributed by atoms with van der Waals surface area (Å²) in [4.78, 5) is 0. The summed E-state index contributed by atoms with van der Waals surface area (Å²) in [6.45, 7) is 4.52. The zero-order valence-corrected chi connectivity index (χ0v) is 12.1. The second kappa shape index (κ2) is 13.7. The number of hydrogen-bond acceptors (Lipinski definition) is 1. The quantitative estimate of drug-likeness (QED) is 0.302. The minimum Gasteiger partial charge on any atom is -0.313 e. The predicted molar refractivity (Wildman–Crippen MR) is 79.0 cm³/mol. The van der Waals surface area contributed by atoms with Crippen LogP contribution in [-0.2, 0) is 0 Å². The lowest BCUT2D eigenvalue weighted by Crippen LogP contribution is -2.01. The molecule has 0 spiro atoms. The third-order valence-corrected chi connectivity index (χ3v) is 3.59. The van der Waals surface area contributed by atoms with E-state index < -0.39 is 0 Å². The highest BCUT2D eigenvalue weighted by Crippen LogP contribution is 2.17. The molecule has 0 fully saturated rings. The van der Waals surface area contributed by atoms with E-state index in [1.165, 1.54) is 77.0 Å². The van der Waals surface area contributed by atoms with E-state index >= 15 is 0 Å². The maximum absolute atomic E-state index is 7.46. The first-order chi connectivity index (χ1) is 8.35. The maximum atomic E-state index is 7.46. The van der Waals surface area contributed by atoms with Crippen LogP contribution in [0.4, 0.5) is 0 Å². The first-order valence-electron chi connectivity index (χ1n) is 7.85. The summed E-state index contributed by atoms with van der Waals surface area (Å²) in [6.07, 6.45) is 17.8. The molecule has 0 bridgehead atoms. The van der Waals surface area contributed by atoms with Crippen molar-refractivity contribution in [3.8, 4) is 0 Å². The Labute approximate surface area is 109 Å². The zero-order valence-electron chi connectivity index (χ0n) is 12.1. The van der Waals surface area contributed by atoms with Gasteiger partial charge in [-0.25, -0.2) is 0 Å². The third kappa shape index (κ3) is 11.9. The lowest BCUT2D eigenvalue weighted by atomic mass is 9.95. The lowest BCUT2D eigenvalue weighted by molar-refractivity contribution is 0.493. The number of rotatable bonds is 13. The van der Waals surface area contributed by atoms with Gasteiger partial charge in [0.05, 0.1) is 0 Å². The Morgan fingerprint density at radius 2 is 1.12 bits per heavy atom. The molecule has 0 aliphatic rings. The highest BCUT2D eigenvalue weighted by Gasteiger charge is 2.04.